The monoisotopic (exact) mass is 357 g/mol. The number of rotatable bonds is 3. The molecule has 0 saturated carbocycles. The molecule has 0 radical (unpaired) electrons. The van der Waals surface area contributed by atoms with E-state index in [2.05, 4.69) is 5.32 Å². The van der Waals surface area contributed by atoms with Gasteiger partial charge in [0.05, 0.1) is 16.8 Å². The van der Waals surface area contributed by atoms with Crippen LogP contribution in [0, 0.1) is 11.2 Å². The molecule has 2 aromatic carbocycles. The maximum Gasteiger partial charge on any atom is 0.229 e. The normalized spacial score (nSPS) is 13.2. The summed E-state index contributed by atoms with van der Waals surface area (Å²) in [5.41, 5.74) is -0.319. The topological polar surface area (TPSA) is 64.6 Å². The smallest absolute Gasteiger partial charge is 0.229 e. The predicted molar refractivity (Wildman–Crippen MR) is 95.3 cm³/mol. The lowest BCUT2D eigenvalue weighted by Gasteiger charge is -2.23. The van der Waals surface area contributed by atoms with E-state index in [1.165, 1.54) is 24.3 Å². The maximum absolute atomic E-state index is 14.1. The first-order valence-electron chi connectivity index (χ1n) is 8.31. The van der Waals surface area contributed by atoms with Crippen LogP contribution in [0.15, 0.2) is 36.4 Å². The zero-order valence-electron chi connectivity index (χ0n) is 14.9. The maximum atomic E-state index is 14.1. The number of amides is 1. The summed E-state index contributed by atoms with van der Waals surface area (Å²) in [6, 6.07) is 8.76. The number of carbonyl (C=O) groups is 2. The summed E-state index contributed by atoms with van der Waals surface area (Å²) >= 11 is 0. The first-order chi connectivity index (χ1) is 12.3. The molecule has 1 aliphatic heterocycles. The van der Waals surface area contributed by atoms with Gasteiger partial charge in [0.2, 0.25) is 5.91 Å². The van der Waals surface area contributed by atoms with Crippen LogP contribution in [0.5, 0.6) is 11.5 Å². The molecule has 3 rings (SSSR count). The van der Waals surface area contributed by atoms with Gasteiger partial charge in [-0.1, -0.05) is 32.9 Å². The van der Waals surface area contributed by atoms with Gasteiger partial charge in [-0.15, -0.1) is 0 Å². The zero-order chi connectivity index (χ0) is 18.9. The van der Waals surface area contributed by atoms with Crippen LogP contribution < -0.4 is 14.8 Å². The summed E-state index contributed by atoms with van der Waals surface area (Å²) in [6.45, 7) is 6.02. The third-order valence-electron chi connectivity index (χ3n) is 3.97. The summed E-state index contributed by atoms with van der Waals surface area (Å²) < 4.78 is 25.1. The van der Waals surface area contributed by atoms with Crippen molar-refractivity contribution in [1.29, 1.82) is 0 Å². The van der Waals surface area contributed by atoms with Crippen molar-refractivity contribution in [2.24, 2.45) is 5.41 Å². The van der Waals surface area contributed by atoms with Gasteiger partial charge in [-0.25, -0.2) is 4.39 Å². The van der Waals surface area contributed by atoms with E-state index in [4.69, 9.17) is 9.47 Å². The van der Waals surface area contributed by atoms with Crippen molar-refractivity contribution in [2.75, 3.05) is 18.5 Å². The van der Waals surface area contributed by atoms with Crippen LogP contribution >= 0.6 is 0 Å². The van der Waals surface area contributed by atoms with Crippen LogP contribution in [0.4, 0.5) is 10.1 Å². The molecule has 0 saturated heterocycles. The summed E-state index contributed by atoms with van der Waals surface area (Å²) in [5.74, 6) is -0.600. The van der Waals surface area contributed by atoms with Gasteiger partial charge in [-0.3, -0.25) is 9.59 Å². The molecule has 0 unspecified atom stereocenters. The van der Waals surface area contributed by atoms with E-state index in [-0.39, 0.29) is 22.7 Å². The number of fused-ring (bicyclic) bond motifs is 1. The van der Waals surface area contributed by atoms with Crippen LogP contribution in [-0.2, 0) is 4.79 Å². The lowest BCUT2D eigenvalue weighted by atomic mass is 9.94. The number of anilines is 1. The molecule has 0 aromatic heterocycles. The van der Waals surface area contributed by atoms with E-state index in [0.29, 0.717) is 24.7 Å². The highest BCUT2D eigenvalue weighted by Gasteiger charge is 2.27. The van der Waals surface area contributed by atoms with E-state index in [9.17, 15) is 14.0 Å². The highest BCUT2D eigenvalue weighted by molar-refractivity contribution is 6.14. The fourth-order valence-electron chi connectivity index (χ4n) is 2.48. The Hall–Kier alpha value is -2.89. The van der Waals surface area contributed by atoms with Gasteiger partial charge in [0.1, 0.15) is 19.0 Å². The van der Waals surface area contributed by atoms with E-state index in [1.54, 1.807) is 32.9 Å². The van der Waals surface area contributed by atoms with Gasteiger partial charge in [-0.05, 0) is 18.2 Å². The van der Waals surface area contributed by atoms with Gasteiger partial charge < -0.3 is 14.8 Å². The molecule has 136 valence electrons. The standard InChI is InChI=1S/C20H20FNO4/c1-20(2,3)19(24)22-15-11-17-16(25-8-9-26-17)10-13(15)18(23)12-6-4-5-7-14(12)21/h4-7,10-11H,8-9H2,1-3H3,(H,22,24). The molecule has 1 N–H and O–H groups in total. The Bertz CT molecular complexity index is 871. The van der Waals surface area contributed by atoms with Crippen LogP contribution in [0.1, 0.15) is 36.7 Å². The van der Waals surface area contributed by atoms with Crippen LogP contribution in [-0.4, -0.2) is 24.9 Å². The molecule has 6 heteroatoms. The first-order valence-corrected chi connectivity index (χ1v) is 8.31. The van der Waals surface area contributed by atoms with E-state index >= 15 is 0 Å². The van der Waals surface area contributed by atoms with Crippen molar-refractivity contribution >= 4 is 17.4 Å². The fraction of sp³-hybridized carbons (Fsp3) is 0.300. The Balaban J connectivity index is 2.08. The Morgan fingerprint density at radius 1 is 1.00 bits per heavy atom. The Morgan fingerprint density at radius 2 is 1.62 bits per heavy atom. The molecule has 0 spiro atoms. The molecule has 2 aromatic rings. The first kappa shape index (κ1) is 17.9. The van der Waals surface area contributed by atoms with Crippen LogP contribution in [0.3, 0.4) is 0 Å². The highest BCUT2D eigenvalue weighted by atomic mass is 19.1. The molecule has 0 aliphatic carbocycles. The summed E-state index contributed by atoms with van der Waals surface area (Å²) in [7, 11) is 0. The Kier molecular flexibility index (Phi) is 4.68. The molecule has 0 bridgehead atoms. The van der Waals surface area contributed by atoms with Crippen LogP contribution in [0.2, 0.25) is 0 Å². The van der Waals surface area contributed by atoms with Gasteiger partial charge in [0.25, 0.3) is 0 Å². The van der Waals surface area contributed by atoms with E-state index in [0.717, 1.165) is 0 Å². The number of ether oxygens (including phenoxy) is 2. The van der Waals surface area contributed by atoms with Crippen molar-refractivity contribution in [1.82, 2.24) is 0 Å². The van der Waals surface area contributed by atoms with Crippen molar-refractivity contribution in [3.63, 3.8) is 0 Å². The van der Waals surface area contributed by atoms with Crippen molar-refractivity contribution in [2.45, 2.75) is 20.8 Å². The number of nitrogens with one attached hydrogen (secondary N) is 1. The molecule has 5 nitrogen and oxygen atoms in total. The number of carbonyl (C=O) groups excluding carboxylic acids is 2. The third-order valence-corrected chi connectivity index (χ3v) is 3.97. The minimum atomic E-state index is -0.661. The molecule has 1 aliphatic rings. The SMILES string of the molecule is CC(C)(C)C(=O)Nc1cc2c(cc1C(=O)c1ccccc1F)OCCO2. The predicted octanol–water partition coefficient (Wildman–Crippen LogP) is 3.81. The second-order valence-corrected chi connectivity index (χ2v) is 7.05. The molecular weight excluding hydrogens is 337 g/mol. The van der Waals surface area contributed by atoms with Crippen molar-refractivity contribution in [3.05, 3.63) is 53.3 Å². The quantitative estimate of drug-likeness (QED) is 0.849. The number of benzene rings is 2. The zero-order valence-corrected chi connectivity index (χ0v) is 14.9. The number of halogens is 1. The lowest BCUT2D eigenvalue weighted by molar-refractivity contribution is -0.123. The van der Waals surface area contributed by atoms with E-state index < -0.39 is 17.0 Å². The van der Waals surface area contributed by atoms with Crippen molar-refractivity contribution in [3.8, 4) is 11.5 Å². The molecule has 26 heavy (non-hydrogen) atoms. The average Bonchev–Trinajstić information content (AvgIpc) is 2.60. The average molecular weight is 357 g/mol. The van der Waals surface area contributed by atoms with Crippen LogP contribution in [0.25, 0.3) is 0 Å². The number of hydrogen-bond acceptors (Lipinski definition) is 4. The minimum Gasteiger partial charge on any atom is -0.486 e. The summed E-state index contributed by atoms with van der Waals surface area (Å²) in [4.78, 5) is 25.3. The molecule has 1 amide bonds. The van der Waals surface area contributed by atoms with Gasteiger partial charge in [0.15, 0.2) is 17.3 Å². The largest absolute Gasteiger partial charge is 0.486 e. The van der Waals surface area contributed by atoms with Gasteiger partial charge >= 0.3 is 0 Å². The molecule has 1 heterocycles. The minimum absolute atomic E-state index is 0.0737. The van der Waals surface area contributed by atoms with Gasteiger partial charge in [0, 0.05) is 11.5 Å². The van der Waals surface area contributed by atoms with Crippen molar-refractivity contribution < 1.29 is 23.5 Å². The van der Waals surface area contributed by atoms with E-state index in [1.807, 2.05) is 0 Å². The molecule has 0 atom stereocenters. The Labute approximate surface area is 151 Å². The molecular formula is C20H20FNO4. The molecule has 0 fully saturated rings. The lowest BCUT2D eigenvalue weighted by Crippen LogP contribution is -2.28. The highest BCUT2D eigenvalue weighted by Crippen LogP contribution is 2.37. The Morgan fingerprint density at radius 3 is 2.23 bits per heavy atom. The summed E-state index contributed by atoms with van der Waals surface area (Å²) in [6.07, 6.45) is 0. The second-order valence-electron chi connectivity index (χ2n) is 7.05. The second kappa shape index (κ2) is 6.78. The van der Waals surface area contributed by atoms with Gasteiger partial charge in [-0.2, -0.15) is 0 Å². The third kappa shape index (κ3) is 3.54. The number of ketones is 1. The fourth-order valence-corrected chi connectivity index (χ4v) is 2.48. The number of hydrogen-bond donors (Lipinski definition) is 1. The summed E-state index contributed by atoms with van der Waals surface area (Å²) in [5, 5.41) is 2.75.